The highest BCUT2D eigenvalue weighted by atomic mass is 79.9. The van der Waals surface area contributed by atoms with Crippen LogP contribution in [0.15, 0.2) is 22.7 Å². The molecule has 0 radical (unpaired) electrons. The number of benzene rings is 1. The normalized spacial score (nSPS) is 18.6. The summed E-state index contributed by atoms with van der Waals surface area (Å²) in [4.78, 5) is 14.1. The summed E-state index contributed by atoms with van der Waals surface area (Å²) in [5, 5.41) is 0. The second-order valence-electron chi connectivity index (χ2n) is 4.67. The summed E-state index contributed by atoms with van der Waals surface area (Å²) in [6, 6.07) is 4.57. The number of nitrogens with zero attached hydrogens (tertiary/aromatic N) is 1. The Balaban J connectivity index is 2.15. The van der Waals surface area contributed by atoms with E-state index in [4.69, 9.17) is 4.74 Å². The zero-order valence-corrected chi connectivity index (χ0v) is 12.5. The first-order chi connectivity index (χ1) is 9.13. The number of rotatable bonds is 4. The SMILES string of the molecule is CCN(C[C@H]1CCOC1)C(=O)c1c(F)cccc1Br. The van der Waals surface area contributed by atoms with Crippen molar-refractivity contribution in [3.8, 4) is 0 Å². The minimum Gasteiger partial charge on any atom is -0.381 e. The molecule has 0 N–H and O–H groups in total. The lowest BCUT2D eigenvalue weighted by Crippen LogP contribution is -2.36. The van der Waals surface area contributed by atoms with Crippen LogP contribution in [0, 0.1) is 11.7 Å². The Bertz CT molecular complexity index is 441. The van der Waals surface area contributed by atoms with E-state index in [0.717, 1.165) is 13.0 Å². The molecule has 5 heteroatoms. The Kier molecular flexibility index (Phi) is 4.93. The molecule has 1 saturated heterocycles. The Morgan fingerprint density at radius 2 is 2.37 bits per heavy atom. The van der Waals surface area contributed by atoms with Gasteiger partial charge in [0.1, 0.15) is 5.82 Å². The van der Waals surface area contributed by atoms with Gasteiger partial charge in [0.05, 0.1) is 12.2 Å². The first kappa shape index (κ1) is 14.5. The molecule has 1 aliphatic rings. The standard InChI is InChI=1S/C14H17BrFNO2/c1-2-17(8-10-6-7-19-9-10)14(18)13-11(15)4-3-5-12(13)16/h3-5,10H,2,6-9H2,1H3/t10-/m1/s1. The van der Waals surface area contributed by atoms with Crippen LogP contribution in [0.2, 0.25) is 0 Å². The maximum absolute atomic E-state index is 13.8. The summed E-state index contributed by atoms with van der Waals surface area (Å²) >= 11 is 3.25. The van der Waals surface area contributed by atoms with Crippen LogP contribution in [0.3, 0.4) is 0 Å². The van der Waals surface area contributed by atoms with Gasteiger partial charge in [0.2, 0.25) is 0 Å². The number of carbonyl (C=O) groups excluding carboxylic acids is 1. The van der Waals surface area contributed by atoms with Gasteiger partial charge in [0, 0.05) is 30.1 Å². The molecule has 1 aromatic rings. The topological polar surface area (TPSA) is 29.5 Å². The number of halogens is 2. The molecule has 0 aromatic heterocycles. The minimum absolute atomic E-state index is 0.114. The number of hydrogen-bond acceptors (Lipinski definition) is 2. The van der Waals surface area contributed by atoms with E-state index < -0.39 is 5.82 Å². The smallest absolute Gasteiger partial charge is 0.257 e. The van der Waals surface area contributed by atoms with Crippen molar-refractivity contribution in [1.29, 1.82) is 0 Å². The third-order valence-electron chi connectivity index (χ3n) is 3.35. The van der Waals surface area contributed by atoms with Crippen LogP contribution in [-0.4, -0.2) is 37.1 Å². The molecule has 0 unspecified atom stereocenters. The van der Waals surface area contributed by atoms with Crippen LogP contribution in [0.25, 0.3) is 0 Å². The molecule has 3 nitrogen and oxygen atoms in total. The van der Waals surface area contributed by atoms with Gasteiger partial charge in [0.15, 0.2) is 0 Å². The largest absolute Gasteiger partial charge is 0.381 e. The zero-order valence-electron chi connectivity index (χ0n) is 10.9. The quantitative estimate of drug-likeness (QED) is 0.849. The highest BCUT2D eigenvalue weighted by molar-refractivity contribution is 9.10. The molecule has 1 aliphatic heterocycles. The van der Waals surface area contributed by atoms with Crippen LogP contribution in [0.4, 0.5) is 4.39 Å². The molecule has 0 bridgehead atoms. The van der Waals surface area contributed by atoms with Crippen molar-refractivity contribution in [2.24, 2.45) is 5.92 Å². The average Bonchev–Trinajstić information content (AvgIpc) is 2.88. The second kappa shape index (κ2) is 6.48. The molecule has 1 aromatic carbocycles. The van der Waals surface area contributed by atoms with Crippen LogP contribution in [0.5, 0.6) is 0 Å². The minimum atomic E-state index is -0.486. The highest BCUT2D eigenvalue weighted by Gasteiger charge is 2.25. The Hall–Kier alpha value is -0.940. The molecule has 104 valence electrons. The van der Waals surface area contributed by atoms with Gasteiger partial charge >= 0.3 is 0 Å². The first-order valence-corrected chi connectivity index (χ1v) is 7.23. The number of amides is 1. The van der Waals surface area contributed by atoms with E-state index in [1.54, 1.807) is 17.0 Å². The van der Waals surface area contributed by atoms with E-state index in [2.05, 4.69) is 15.9 Å². The number of ether oxygens (including phenoxy) is 1. The van der Waals surface area contributed by atoms with E-state index in [9.17, 15) is 9.18 Å². The van der Waals surface area contributed by atoms with Crippen molar-refractivity contribution in [2.45, 2.75) is 13.3 Å². The summed E-state index contributed by atoms with van der Waals surface area (Å²) in [6.07, 6.45) is 0.961. The van der Waals surface area contributed by atoms with Gasteiger partial charge < -0.3 is 9.64 Å². The van der Waals surface area contributed by atoms with E-state index >= 15 is 0 Å². The lowest BCUT2D eigenvalue weighted by atomic mass is 10.1. The van der Waals surface area contributed by atoms with Crippen molar-refractivity contribution >= 4 is 21.8 Å². The van der Waals surface area contributed by atoms with E-state index in [0.29, 0.717) is 30.1 Å². The lowest BCUT2D eigenvalue weighted by molar-refractivity contribution is 0.0725. The summed E-state index contributed by atoms with van der Waals surface area (Å²) in [5.74, 6) is -0.394. The molecule has 1 atom stereocenters. The van der Waals surface area contributed by atoms with Crippen molar-refractivity contribution in [1.82, 2.24) is 4.90 Å². The predicted molar refractivity (Wildman–Crippen MR) is 74.6 cm³/mol. The number of hydrogen-bond donors (Lipinski definition) is 0. The summed E-state index contributed by atoms with van der Waals surface area (Å²) in [5.41, 5.74) is 0.114. The molecular formula is C14H17BrFNO2. The number of carbonyl (C=O) groups is 1. The fourth-order valence-corrected chi connectivity index (χ4v) is 2.77. The van der Waals surface area contributed by atoms with Crippen LogP contribution in [0.1, 0.15) is 23.7 Å². The van der Waals surface area contributed by atoms with Crippen molar-refractivity contribution in [3.63, 3.8) is 0 Å². The van der Waals surface area contributed by atoms with Crippen LogP contribution < -0.4 is 0 Å². The van der Waals surface area contributed by atoms with Gasteiger partial charge in [-0.3, -0.25) is 4.79 Å². The van der Waals surface area contributed by atoms with Gasteiger partial charge in [-0.2, -0.15) is 0 Å². The molecule has 1 amide bonds. The van der Waals surface area contributed by atoms with Gasteiger partial charge in [0.25, 0.3) is 5.91 Å². The second-order valence-corrected chi connectivity index (χ2v) is 5.52. The molecule has 2 rings (SSSR count). The third kappa shape index (κ3) is 3.34. The molecule has 1 heterocycles. The lowest BCUT2D eigenvalue weighted by Gasteiger charge is -2.24. The van der Waals surface area contributed by atoms with Gasteiger partial charge in [-0.25, -0.2) is 4.39 Å². The first-order valence-electron chi connectivity index (χ1n) is 6.44. The van der Waals surface area contributed by atoms with Gasteiger partial charge in [-0.1, -0.05) is 6.07 Å². The summed E-state index contributed by atoms with van der Waals surface area (Å²) in [6.45, 7) is 4.52. The fraction of sp³-hybridized carbons (Fsp3) is 0.500. The summed E-state index contributed by atoms with van der Waals surface area (Å²) < 4.78 is 19.6. The van der Waals surface area contributed by atoms with Crippen molar-refractivity contribution < 1.29 is 13.9 Å². The zero-order chi connectivity index (χ0) is 13.8. The maximum Gasteiger partial charge on any atom is 0.257 e. The maximum atomic E-state index is 13.8. The van der Waals surface area contributed by atoms with E-state index in [1.807, 2.05) is 6.92 Å². The Labute approximate surface area is 120 Å². The van der Waals surface area contributed by atoms with Crippen molar-refractivity contribution in [3.05, 3.63) is 34.1 Å². The molecule has 0 saturated carbocycles. The van der Waals surface area contributed by atoms with Crippen LogP contribution in [-0.2, 0) is 4.74 Å². The molecular weight excluding hydrogens is 313 g/mol. The molecule has 0 spiro atoms. The molecule has 19 heavy (non-hydrogen) atoms. The van der Waals surface area contributed by atoms with Crippen LogP contribution >= 0.6 is 15.9 Å². The average molecular weight is 330 g/mol. The summed E-state index contributed by atoms with van der Waals surface area (Å²) in [7, 11) is 0. The predicted octanol–water partition coefficient (Wildman–Crippen LogP) is 3.09. The third-order valence-corrected chi connectivity index (χ3v) is 4.01. The molecule has 1 fully saturated rings. The van der Waals surface area contributed by atoms with Gasteiger partial charge in [-0.05, 0) is 41.4 Å². The fourth-order valence-electron chi connectivity index (χ4n) is 2.25. The monoisotopic (exact) mass is 329 g/mol. The highest BCUT2D eigenvalue weighted by Crippen LogP contribution is 2.23. The van der Waals surface area contributed by atoms with E-state index in [-0.39, 0.29) is 11.5 Å². The Morgan fingerprint density at radius 3 is 2.95 bits per heavy atom. The van der Waals surface area contributed by atoms with Gasteiger partial charge in [-0.15, -0.1) is 0 Å². The van der Waals surface area contributed by atoms with E-state index in [1.165, 1.54) is 6.07 Å². The Morgan fingerprint density at radius 1 is 1.58 bits per heavy atom. The molecule has 0 aliphatic carbocycles. The van der Waals surface area contributed by atoms with Crippen molar-refractivity contribution in [2.75, 3.05) is 26.3 Å².